The van der Waals surface area contributed by atoms with Gasteiger partial charge in [0.05, 0.1) is 0 Å². The predicted octanol–water partition coefficient (Wildman–Crippen LogP) is 3.64. The van der Waals surface area contributed by atoms with Crippen LogP contribution in [0.1, 0.15) is 26.7 Å². The summed E-state index contributed by atoms with van der Waals surface area (Å²) in [6.07, 6.45) is -6.62. The monoisotopic (exact) mass is 224 g/mol. The Morgan fingerprint density at radius 1 is 1.00 bits per heavy atom. The van der Waals surface area contributed by atoms with Crippen molar-refractivity contribution in [3.63, 3.8) is 0 Å². The summed E-state index contributed by atoms with van der Waals surface area (Å²) >= 11 is 0. The molecule has 0 fully saturated rings. The SMILES string of the molecule is CCCC(F)(OC(F)(F)F)C(C)(F)F. The maximum absolute atomic E-state index is 13.1. The summed E-state index contributed by atoms with van der Waals surface area (Å²) < 4.78 is 75.7. The van der Waals surface area contributed by atoms with Gasteiger partial charge in [-0.2, -0.15) is 0 Å². The number of rotatable bonds is 4. The van der Waals surface area contributed by atoms with Crippen LogP contribution in [0.15, 0.2) is 0 Å². The van der Waals surface area contributed by atoms with Crippen LogP contribution in [0.25, 0.3) is 0 Å². The lowest BCUT2D eigenvalue weighted by atomic mass is 10.1. The van der Waals surface area contributed by atoms with Crippen LogP contribution < -0.4 is 0 Å². The summed E-state index contributed by atoms with van der Waals surface area (Å²) in [6.45, 7) is 1.33. The van der Waals surface area contributed by atoms with Gasteiger partial charge in [0.2, 0.25) is 0 Å². The molecule has 0 saturated heterocycles. The van der Waals surface area contributed by atoms with Gasteiger partial charge < -0.3 is 0 Å². The van der Waals surface area contributed by atoms with Gasteiger partial charge in [0.1, 0.15) is 0 Å². The van der Waals surface area contributed by atoms with Crippen LogP contribution in [-0.2, 0) is 4.74 Å². The van der Waals surface area contributed by atoms with E-state index in [9.17, 15) is 26.3 Å². The molecule has 0 radical (unpaired) electrons. The van der Waals surface area contributed by atoms with E-state index in [1.54, 1.807) is 0 Å². The third-order valence-electron chi connectivity index (χ3n) is 1.50. The van der Waals surface area contributed by atoms with E-state index in [1.165, 1.54) is 6.92 Å². The van der Waals surface area contributed by atoms with Gasteiger partial charge in [0.25, 0.3) is 5.85 Å². The van der Waals surface area contributed by atoms with Crippen LogP contribution in [0.5, 0.6) is 0 Å². The maximum atomic E-state index is 13.1. The molecule has 0 aliphatic rings. The molecule has 0 saturated carbocycles. The lowest BCUT2D eigenvalue weighted by molar-refractivity contribution is -0.427. The predicted molar refractivity (Wildman–Crippen MR) is 36.5 cm³/mol. The van der Waals surface area contributed by atoms with Gasteiger partial charge in [-0.3, -0.25) is 0 Å². The first kappa shape index (κ1) is 13.5. The van der Waals surface area contributed by atoms with Gasteiger partial charge in [-0.1, -0.05) is 13.3 Å². The second kappa shape index (κ2) is 3.96. The minimum atomic E-state index is -5.41. The number of ether oxygens (including phenoxy) is 1. The molecule has 0 aliphatic carbocycles. The minimum absolute atomic E-state index is 0.0500. The first-order valence-electron chi connectivity index (χ1n) is 3.85. The molecule has 0 aromatic rings. The molecular formula is C7H10F6O. The second-order valence-corrected chi connectivity index (χ2v) is 2.91. The van der Waals surface area contributed by atoms with Crippen molar-refractivity contribution >= 4 is 0 Å². The van der Waals surface area contributed by atoms with E-state index in [0.717, 1.165) is 0 Å². The highest BCUT2D eigenvalue weighted by atomic mass is 19.4. The molecule has 0 spiro atoms. The summed E-state index contributed by atoms with van der Waals surface area (Å²) in [5, 5.41) is 0. The van der Waals surface area contributed by atoms with Crippen molar-refractivity contribution in [1.29, 1.82) is 0 Å². The van der Waals surface area contributed by atoms with Crippen LogP contribution in [0.3, 0.4) is 0 Å². The van der Waals surface area contributed by atoms with Crippen molar-refractivity contribution in [1.82, 2.24) is 0 Å². The first-order chi connectivity index (χ1) is 6.02. The normalized spacial score (nSPS) is 18.0. The standard InChI is InChI=1S/C7H10F6O/c1-3-4-6(10,5(2,8)9)14-7(11,12)13/h3-4H2,1-2H3. The van der Waals surface area contributed by atoms with Crippen molar-refractivity contribution in [3.8, 4) is 0 Å². The van der Waals surface area contributed by atoms with Gasteiger partial charge in [0.15, 0.2) is 0 Å². The molecule has 1 nitrogen and oxygen atoms in total. The Bertz CT molecular complexity index is 184. The highest BCUT2D eigenvalue weighted by Crippen LogP contribution is 2.41. The highest BCUT2D eigenvalue weighted by molar-refractivity contribution is 4.82. The zero-order valence-corrected chi connectivity index (χ0v) is 7.59. The summed E-state index contributed by atoms with van der Waals surface area (Å²) in [5.74, 6) is -8.18. The number of hydrogen-bond acceptors (Lipinski definition) is 1. The van der Waals surface area contributed by atoms with Crippen LogP contribution in [0.4, 0.5) is 26.3 Å². The molecule has 0 amide bonds. The van der Waals surface area contributed by atoms with Gasteiger partial charge in [-0.05, 0) is 0 Å². The minimum Gasteiger partial charge on any atom is -0.248 e. The lowest BCUT2D eigenvalue weighted by Crippen LogP contribution is -2.47. The Balaban J connectivity index is 4.74. The topological polar surface area (TPSA) is 9.23 Å². The van der Waals surface area contributed by atoms with Crippen LogP contribution >= 0.6 is 0 Å². The Kier molecular flexibility index (Phi) is 3.83. The van der Waals surface area contributed by atoms with E-state index < -0.39 is 24.6 Å². The molecule has 86 valence electrons. The quantitative estimate of drug-likeness (QED) is 0.662. The second-order valence-electron chi connectivity index (χ2n) is 2.91. The van der Waals surface area contributed by atoms with Crippen molar-refractivity contribution < 1.29 is 31.1 Å². The summed E-state index contributed by atoms with van der Waals surface area (Å²) in [5.41, 5.74) is 0. The van der Waals surface area contributed by atoms with Crippen LogP contribution in [-0.4, -0.2) is 18.1 Å². The maximum Gasteiger partial charge on any atom is 0.525 e. The fraction of sp³-hybridized carbons (Fsp3) is 1.00. The molecule has 0 rings (SSSR count). The Hall–Kier alpha value is -0.460. The molecule has 1 unspecified atom stereocenters. The molecule has 7 heteroatoms. The van der Waals surface area contributed by atoms with Crippen molar-refractivity contribution in [2.24, 2.45) is 0 Å². The molecule has 0 aromatic carbocycles. The first-order valence-corrected chi connectivity index (χ1v) is 3.85. The van der Waals surface area contributed by atoms with Gasteiger partial charge in [-0.25, -0.2) is 17.9 Å². The van der Waals surface area contributed by atoms with Gasteiger partial charge in [-0.15, -0.1) is 13.2 Å². The highest BCUT2D eigenvalue weighted by Gasteiger charge is 2.57. The molecule has 0 N–H and O–H groups in total. The third kappa shape index (κ3) is 3.73. The number of alkyl halides is 6. The van der Waals surface area contributed by atoms with Crippen molar-refractivity contribution in [2.75, 3.05) is 0 Å². The summed E-state index contributed by atoms with van der Waals surface area (Å²) in [4.78, 5) is 0. The Labute approximate surface area is 77.0 Å². The van der Waals surface area contributed by atoms with E-state index in [4.69, 9.17) is 0 Å². The third-order valence-corrected chi connectivity index (χ3v) is 1.50. The molecule has 0 aromatic heterocycles. The van der Waals surface area contributed by atoms with E-state index in [2.05, 4.69) is 4.74 Å². The molecule has 14 heavy (non-hydrogen) atoms. The van der Waals surface area contributed by atoms with Crippen LogP contribution in [0, 0.1) is 0 Å². The molecular weight excluding hydrogens is 214 g/mol. The molecule has 0 bridgehead atoms. The van der Waals surface area contributed by atoms with E-state index in [0.29, 0.717) is 0 Å². The van der Waals surface area contributed by atoms with Crippen molar-refractivity contribution in [3.05, 3.63) is 0 Å². The fourth-order valence-corrected chi connectivity index (χ4v) is 0.865. The number of hydrogen-bond donors (Lipinski definition) is 0. The average Bonchev–Trinajstić information content (AvgIpc) is 1.79. The summed E-state index contributed by atoms with van der Waals surface area (Å²) in [7, 11) is 0. The Morgan fingerprint density at radius 2 is 1.43 bits per heavy atom. The zero-order valence-electron chi connectivity index (χ0n) is 7.59. The Morgan fingerprint density at radius 3 is 1.64 bits per heavy atom. The van der Waals surface area contributed by atoms with Crippen LogP contribution in [0.2, 0.25) is 0 Å². The smallest absolute Gasteiger partial charge is 0.248 e. The largest absolute Gasteiger partial charge is 0.525 e. The molecule has 0 aliphatic heterocycles. The molecule has 0 heterocycles. The fourth-order valence-electron chi connectivity index (χ4n) is 0.865. The van der Waals surface area contributed by atoms with Gasteiger partial charge in [0, 0.05) is 13.3 Å². The van der Waals surface area contributed by atoms with Crippen molar-refractivity contribution in [2.45, 2.75) is 44.8 Å². The average molecular weight is 224 g/mol. The van der Waals surface area contributed by atoms with E-state index in [-0.39, 0.29) is 13.3 Å². The summed E-state index contributed by atoms with van der Waals surface area (Å²) in [6, 6.07) is 0. The van der Waals surface area contributed by atoms with E-state index >= 15 is 0 Å². The lowest BCUT2D eigenvalue weighted by Gasteiger charge is -2.31. The van der Waals surface area contributed by atoms with E-state index in [1.807, 2.05) is 0 Å². The molecule has 1 atom stereocenters. The van der Waals surface area contributed by atoms with Gasteiger partial charge >= 0.3 is 12.3 Å². The zero-order chi connectivity index (χ0) is 11.6. The number of halogens is 6.